The molecule has 252 valence electrons. The van der Waals surface area contributed by atoms with Crippen molar-refractivity contribution in [1.82, 2.24) is 24.0 Å². The molecule has 1 saturated carbocycles. The van der Waals surface area contributed by atoms with Gasteiger partial charge in [-0.3, -0.25) is 14.5 Å². The fraction of sp³-hybridized carbons (Fsp3) is 0.412. The van der Waals surface area contributed by atoms with E-state index < -0.39 is 41.2 Å². The summed E-state index contributed by atoms with van der Waals surface area (Å²) in [5, 5.41) is 4.54. The average molecular weight is 696 g/mol. The third kappa shape index (κ3) is 6.45. The lowest BCUT2D eigenvalue weighted by Crippen LogP contribution is -2.47. The first-order valence-corrected chi connectivity index (χ1v) is 16.7. The molecule has 1 aliphatic heterocycles. The molecular weight excluding hydrogens is 660 g/mol. The molecule has 1 aliphatic carbocycles. The number of guanidine groups is 1. The maximum Gasteiger partial charge on any atom is 0.306 e. The highest BCUT2D eigenvalue weighted by molar-refractivity contribution is 7.09. The number of carbonyl (C=O) groups excluding carboxylic acids is 2. The Bertz CT molecular complexity index is 1830. The zero-order valence-corrected chi connectivity index (χ0v) is 28.6. The number of halogens is 3. The maximum atomic E-state index is 14.9. The van der Waals surface area contributed by atoms with Gasteiger partial charge in [-0.05, 0) is 78.0 Å². The zero-order chi connectivity index (χ0) is 34.5. The molecule has 10 nitrogen and oxygen atoms in total. The monoisotopic (exact) mass is 695 g/mol. The van der Waals surface area contributed by atoms with Gasteiger partial charge in [-0.2, -0.15) is 5.10 Å². The minimum atomic E-state index is -3.03. The lowest BCUT2D eigenvalue weighted by molar-refractivity contribution is -0.153. The van der Waals surface area contributed by atoms with Crippen molar-refractivity contribution in [1.29, 1.82) is 0 Å². The molecule has 1 fully saturated rings. The van der Waals surface area contributed by atoms with Crippen LogP contribution in [-0.2, 0) is 19.9 Å². The van der Waals surface area contributed by atoms with E-state index >= 15 is 0 Å². The van der Waals surface area contributed by atoms with Crippen molar-refractivity contribution in [2.24, 2.45) is 21.6 Å². The van der Waals surface area contributed by atoms with Crippen LogP contribution in [0.15, 0.2) is 72.4 Å². The summed E-state index contributed by atoms with van der Waals surface area (Å²) in [6.45, 7) is 6.52. The maximum absolute atomic E-state index is 14.9. The summed E-state index contributed by atoms with van der Waals surface area (Å²) in [6, 6.07) is 13.6. The van der Waals surface area contributed by atoms with Gasteiger partial charge in [0.2, 0.25) is 0 Å². The van der Waals surface area contributed by atoms with Crippen LogP contribution in [0.5, 0.6) is 0 Å². The second-order valence-electron chi connectivity index (χ2n) is 13.8. The fourth-order valence-corrected chi connectivity index (χ4v) is 7.14. The number of esters is 1. The second kappa shape index (κ2) is 12.3. The summed E-state index contributed by atoms with van der Waals surface area (Å²) in [5.41, 5.74) is 6.04. The summed E-state index contributed by atoms with van der Waals surface area (Å²) in [5.74, 6) is -4.28. The van der Waals surface area contributed by atoms with Crippen molar-refractivity contribution < 1.29 is 23.1 Å². The van der Waals surface area contributed by atoms with Crippen molar-refractivity contribution in [3.8, 4) is 16.1 Å². The van der Waals surface area contributed by atoms with Crippen molar-refractivity contribution in [2.75, 3.05) is 6.61 Å². The normalized spacial score (nSPS) is 19.7. The molecule has 2 aromatic carbocycles. The largest absolute Gasteiger partial charge is 0.463 e. The lowest BCUT2D eigenvalue weighted by atomic mass is 9.75. The van der Waals surface area contributed by atoms with E-state index in [-0.39, 0.29) is 30.8 Å². The first kappa shape index (κ1) is 33.7. The number of benzene rings is 2. The van der Waals surface area contributed by atoms with Gasteiger partial charge in [0.1, 0.15) is 19.3 Å². The molecule has 0 saturated heterocycles. The van der Waals surface area contributed by atoms with E-state index in [0.29, 0.717) is 28.3 Å². The quantitative estimate of drug-likeness (QED) is 0.168. The van der Waals surface area contributed by atoms with Gasteiger partial charge in [-0.1, -0.05) is 62.7 Å². The van der Waals surface area contributed by atoms with Crippen molar-refractivity contribution in [2.45, 2.75) is 70.9 Å². The van der Waals surface area contributed by atoms with Crippen molar-refractivity contribution in [3.05, 3.63) is 83.5 Å². The van der Waals surface area contributed by atoms with E-state index in [0.717, 1.165) is 17.4 Å². The van der Waals surface area contributed by atoms with Crippen molar-refractivity contribution in [3.63, 3.8) is 0 Å². The summed E-state index contributed by atoms with van der Waals surface area (Å²) in [7, 11) is 0. The number of aliphatic imine (C=N–C) groups is 1. The number of hydrogen-bond donors (Lipinski definition) is 1. The van der Waals surface area contributed by atoms with Gasteiger partial charge in [0.15, 0.2) is 11.5 Å². The highest BCUT2D eigenvalue weighted by Crippen LogP contribution is 2.59. The molecule has 0 radical (unpaired) electrons. The van der Waals surface area contributed by atoms with Gasteiger partial charge in [0.25, 0.3) is 11.8 Å². The Morgan fingerprint density at radius 3 is 2.44 bits per heavy atom. The lowest BCUT2D eigenvalue weighted by Gasteiger charge is -2.35. The van der Waals surface area contributed by atoms with Gasteiger partial charge in [-0.15, -0.1) is 0 Å². The van der Waals surface area contributed by atoms with E-state index in [9.17, 15) is 18.4 Å². The molecule has 2 aromatic heterocycles. The number of amides is 1. The van der Waals surface area contributed by atoms with Crippen LogP contribution in [0.1, 0.15) is 70.5 Å². The van der Waals surface area contributed by atoms with Crippen LogP contribution in [0.2, 0.25) is 5.02 Å². The minimum absolute atomic E-state index is 0.0622. The smallest absolute Gasteiger partial charge is 0.306 e. The topological polar surface area (TPSA) is 129 Å². The highest BCUT2D eigenvalue weighted by Gasteiger charge is 2.60. The number of alkyl halides is 2. The molecule has 2 atom stereocenters. The summed E-state index contributed by atoms with van der Waals surface area (Å²) >= 11 is 7.90. The Hall–Kier alpha value is -4.23. The second-order valence-corrected chi connectivity index (χ2v) is 15.0. The van der Waals surface area contributed by atoms with Crippen LogP contribution < -0.4 is 5.73 Å². The molecule has 1 amide bonds. The van der Waals surface area contributed by atoms with E-state index in [4.69, 9.17) is 27.1 Å². The highest BCUT2D eigenvalue weighted by atomic mass is 35.5. The molecule has 0 unspecified atom stereocenters. The molecule has 48 heavy (non-hydrogen) atoms. The zero-order valence-electron chi connectivity index (χ0n) is 27.0. The van der Waals surface area contributed by atoms with Crippen LogP contribution in [0.4, 0.5) is 8.78 Å². The molecule has 4 aromatic rings. The molecule has 3 heterocycles. The number of ether oxygens (including phenoxy) is 1. The van der Waals surface area contributed by atoms with E-state index in [1.807, 2.05) is 51.1 Å². The fourth-order valence-electron chi connectivity index (χ4n) is 6.34. The number of rotatable bonds is 11. The molecule has 2 aliphatic rings. The third-order valence-corrected chi connectivity index (χ3v) is 10.1. The Kier molecular flexibility index (Phi) is 8.65. The molecule has 0 spiro atoms. The molecule has 6 rings (SSSR count). The SMILES string of the molecule is CC(C)(C)C[C@]1(c2ccc(-c3ccns3)cc2)N=C(N)N([C@H](COC(=O)CC2(C(C)(F)F)CC2)c2ccc(Cl)c(-n3cncn3)c2)C1=O. The summed E-state index contributed by atoms with van der Waals surface area (Å²) in [4.78, 5) is 39.1. The van der Waals surface area contributed by atoms with Gasteiger partial charge < -0.3 is 10.5 Å². The Balaban J connectivity index is 1.38. The standard InChI is InChI=1S/C34H36ClF2N7O3S/c1-31(2,3)18-34(23-8-5-21(6-9-23)27-11-14-41-48-27)29(46)44(30(38)42-34)26(17-47-28(45)16-33(12-13-33)32(4,36)37)22-7-10-24(35)25(15-22)43-20-39-19-40-43/h5-11,14-15,19-20,26H,12-13,16-18H2,1-4H3,(H2,38,42)/t26-,34-/m1/s1. The number of nitrogens with zero attached hydrogens (tertiary/aromatic N) is 6. The van der Waals surface area contributed by atoms with Gasteiger partial charge in [0, 0.05) is 11.6 Å². The summed E-state index contributed by atoms with van der Waals surface area (Å²) < 4.78 is 40.0. The van der Waals surface area contributed by atoms with Gasteiger partial charge in [0.05, 0.1) is 28.0 Å². The molecular formula is C34H36ClF2N7O3S. The first-order valence-electron chi connectivity index (χ1n) is 15.5. The third-order valence-electron chi connectivity index (χ3n) is 9.00. The predicted octanol–water partition coefficient (Wildman–Crippen LogP) is 6.94. The van der Waals surface area contributed by atoms with Crippen LogP contribution in [0.25, 0.3) is 16.1 Å². The number of aromatic nitrogens is 4. The number of hydrogen-bond acceptors (Lipinski definition) is 9. The van der Waals surface area contributed by atoms with Crippen LogP contribution in [0.3, 0.4) is 0 Å². The molecule has 0 bridgehead atoms. The summed E-state index contributed by atoms with van der Waals surface area (Å²) in [6.07, 6.45) is 4.90. The van der Waals surface area contributed by atoms with Gasteiger partial charge >= 0.3 is 5.97 Å². The van der Waals surface area contributed by atoms with Crippen LogP contribution in [-0.4, -0.2) is 54.4 Å². The predicted molar refractivity (Wildman–Crippen MR) is 179 cm³/mol. The van der Waals surface area contributed by atoms with E-state index in [2.05, 4.69) is 14.5 Å². The van der Waals surface area contributed by atoms with E-state index in [1.54, 1.807) is 24.4 Å². The Labute approximate surface area is 286 Å². The van der Waals surface area contributed by atoms with Crippen LogP contribution in [0, 0.1) is 10.8 Å². The number of carbonyl (C=O) groups is 2. The van der Waals surface area contributed by atoms with Crippen LogP contribution >= 0.6 is 23.1 Å². The average Bonchev–Trinajstić information content (AvgIpc) is 3.36. The molecule has 2 N–H and O–H groups in total. The van der Waals surface area contributed by atoms with Gasteiger partial charge in [-0.25, -0.2) is 27.8 Å². The van der Waals surface area contributed by atoms with E-state index in [1.165, 1.54) is 33.8 Å². The Morgan fingerprint density at radius 2 is 1.85 bits per heavy atom. The first-order chi connectivity index (χ1) is 22.6. The Morgan fingerprint density at radius 1 is 1.12 bits per heavy atom. The van der Waals surface area contributed by atoms with Crippen molar-refractivity contribution >= 4 is 41.0 Å². The molecule has 14 heteroatoms. The minimum Gasteiger partial charge on any atom is -0.463 e. The number of nitrogens with two attached hydrogens (primary N) is 1.